The van der Waals surface area contributed by atoms with Gasteiger partial charge < -0.3 is 29.2 Å². The molecule has 1 aliphatic carbocycles. The molecule has 4 aromatic rings. The van der Waals surface area contributed by atoms with Crippen molar-refractivity contribution < 1.29 is 33.4 Å². The fraction of sp³-hybridized carbons (Fsp3) is 0.432. The van der Waals surface area contributed by atoms with Crippen LogP contribution in [-0.4, -0.2) is 68.8 Å². The van der Waals surface area contributed by atoms with Crippen molar-refractivity contribution in [3.05, 3.63) is 66.7 Å². The molecule has 6 rings (SSSR count). The Kier molecular flexibility index (Phi) is 10.2. The van der Waals surface area contributed by atoms with Gasteiger partial charge in [-0.05, 0) is 64.0 Å². The van der Waals surface area contributed by atoms with E-state index in [0.717, 1.165) is 61.5 Å². The molecule has 2 aromatic heterocycles. The summed E-state index contributed by atoms with van der Waals surface area (Å²) in [5.41, 5.74) is 3.42. The van der Waals surface area contributed by atoms with Crippen LogP contribution in [0.15, 0.2) is 65.6 Å². The van der Waals surface area contributed by atoms with Crippen molar-refractivity contribution in [2.45, 2.75) is 95.4 Å². The SMILES string of the molecule is C=CCCCCC[C@H](NC(=O)OC1CCCC1)C(=O)N1C[C@H](Oc2nc(-c3ccc(C)cc3)nc3c2oc2ccccc23)C[C@H]1C(=O)O. The lowest BCUT2D eigenvalue weighted by atomic mass is 10.1. The van der Waals surface area contributed by atoms with Crippen molar-refractivity contribution in [2.75, 3.05) is 6.54 Å². The van der Waals surface area contributed by atoms with Crippen LogP contribution >= 0.6 is 0 Å². The number of aliphatic carboxylic acids is 1. The van der Waals surface area contributed by atoms with E-state index in [9.17, 15) is 19.5 Å². The molecule has 3 heterocycles. The van der Waals surface area contributed by atoms with E-state index in [2.05, 4.69) is 11.9 Å². The lowest BCUT2D eigenvalue weighted by Crippen LogP contribution is -2.52. The number of aromatic nitrogens is 2. The molecule has 11 heteroatoms. The molecule has 2 amide bonds. The summed E-state index contributed by atoms with van der Waals surface area (Å²) in [5.74, 6) is -1.01. The summed E-state index contributed by atoms with van der Waals surface area (Å²) in [4.78, 5) is 50.2. The number of carboxylic acid groups (broad SMARTS) is 1. The Morgan fingerprint density at radius 2 is 1.83 bits per heavy atom. The molecule has 0 spiro atoms. The van der Waals surface area contributed by atoms with Crippen LogP contribution in [-0.2, 0) is 14.3 Å². The van der Waals surface area contributed by atoms with Gasteiger partial charge in [0.05, 0.1) is 6.54 Å². The zero-order valence-corrected chi connectivity index (χ0v) is 27.2. The number of carbonyl (C=O) groups is 3. The standard InChI is InChI=1S/C37H42N4O7/c1-3-4-5-6-7-15-28(38-37(45)47-25-12-8-9-13-25)35(42)41-22-26(21-29(41)36(43)44)46-34-32-31(27-14-10-11-16-30(27)48-32)39-33(40-34)24-19-17-23(2)18-20-24/h3,10-11,14,16-20,25-26,28-29H,1,4-9,12-13,15,21-22H2,2H3,(H,38,45)(H,43,44)/t26-,28+,29+/m1/s1. The second kappa shape index (κ2) is 14.9. The number of nitrogens with zero attached hydrogens (tertiary/aromatic N) is 3. The number of aryl methyl sites for hydroxylation is 1. The van der Waals surface area contributed by atoms with Crippen LogP contribution in [0, 0.1) is 6.92 Å². The van der Waals surface area contributed by atoms with E-state index in [1.54, 1.807) is 0 Å². The highest BCUT2D eigenvalue weighted by Crippen LogP contribution is 2.36. The lowest BCUT2D eigenvalue weighted by molar-refractivity contribution is -0.149. The van der Waals surface area contributed by atoms with Gasteiger partial charge in [0.1, 0.15) is 35.4 Å². The summed E-state index contributed by atoms with van der Waals surface area (Å²) < 4.78 is 18.2. The lowest BCUT2D eigenvalue weighted by Gasteiger charge is -2.27. The number of hydrogen-bond acceptors (Lipinski definition) is 8. The largest absolute Gasteiger partial charge is 0.480 e. The zero-order chi connectivity index (χ0) is 33.6. The fourth-order valence-corrected chi connectivity index (χ4v) is 6.60. The number of fused-ring (bicyclic) bond motifs is 3. The van der Waals surface area contributed by atoms with Gasteiger partial charge in [0.25, 0.3) is 5.88 Å². The van der Waals surface area contributed by atoms with E-state index < -0.39 is 36.2 Å². The first-order valence-corrected chi connectivity index (χ1v) is 16.8. The summed E-state index contributed by atoms with van der Waals surface area (Å²) in [6.45, 7) is 5.75. The number of furan rings is 1. The van der Waals surface area contributed by atoms with Gasteiger partial charge in [0.2, 0.25) is 11.5 Å². The number of alkyl carbamates (subject to hydrolysis) is 1. The number of likely N-dealkylation sites (tertiary alicyclic amines) is 1. The maximum atomic E-state index is 14.0. The minimum Gasteiger partial charge on any atom is -0.480 e. The first kappa shape index (κ1) is 33.0. The number of nitrogens with one attached hydrogen (secondary N) is 1. The Morgan fingerprint density at radius 1 is 1.06 bits per heavy atom. The van der Waals surface area contributed by atoms with Crippen molar-refractivity contribution in [1.29, 1.82) is 0 Å². The molecule has 11 nitrogen and oxygen atoms in total. The Balaban J connectivity index is 1.25. The highest BCUT2D eigenvalue weighted by atomic mass is 16.6. The van der Waals surface area contributed by atoms with Gasteiger partial charge in [-0.25, -0.2) is 14.6 Å². The molecule has 1 aliphatic heterocycles. The first-order chi connectivity index (χ1) is 23.3. The van der Waals surface area contributed by atoms with Crippen molar-refractivity contribution in [3.63, 3.8) is 0 Å². The summed E-state index contributed by atoms with van der Waals surface area (Å²) in [5, 5.41) is 13.8. The van der Waals surface area contributed by atoms with E-state index in [4.69, 9.17) is 23.9 Å². The minimum atomic E-state index is -1.15. The van der Waals surface area contributed by atoms with Gasteiger partial charge in [-0.1, -0.05) is 60.9 Å². The molecule has 2 fully saturated rings. The molecule has 0 unspecified atom stereocenters. The predicted octanol–water partition coefficient (Wildman–Crippen LogP) is 6.96. The Hall–Kier alpha value is -4.93. The van der Waals surface area contributed by atoms with Gasteiger partial charge in [-0.15, -0.1) is 6.58 Å². The van der Waals surface area contributed by atoms with Gasteiger partial charge >= 0.3 is 12.1 Å². The molecule has 1 saturated carbocycles. The van der Waals surface area contributed by atoms with E-state index >= 15 is 0 Å². The molecular formula is C37H42N4O7. The fourth-order valence-electron chi connectivity index (χ4n) is 6.60. The number of hydrogen-bond donors (Lipinski definition) is 2. The molecule has 2 aliphatic rings. The Morgan fingerprint density at radius 3 is 2.58 bits per heavy atom. The van der Waals surface area contributed by atoms with Gasteiger partial charge in [0.15, 0.2) is 5.82 Å². The summed E-state index contributed by atoms with van der Waals surface area (Å²) in [6.07, 6.45) is 7.59. The normalized spacial score (nSPS) is 18.6. The Labute approximate surface area is 279 Å². The molecule has 2 aromatic carbocycles. The molecule has 0 bridgehead atoms. The quantitative estimate of drug-likeness (QED) is 0.115. The second-order valence-electron chi connectivity index (χ2n) is 12.7. The van der Waals surface area contributed by atoms with E-state index in [1.807, 2.05) is 61.5 Å². The number of carboxylic acids is 1. The molecule has 252 valence electrons. The number of rotatable bonds is 13. The highest BCUT2D eigenvalue weighted by molar-refractivity contribution is 6.04. The molecule has 2 N–H and O–H groups in total. The van der Waals surface area contributed by atoms with Crippen molar-refractivity contribution in [3.8, 4) is 17.3 Å². The molecular weight excluding hydrogens is 612 g/mol. The third kappa shape index (κ3) is 7.45. The van der Waals surface area contributed by atoms with Gasteiger partial charge in [0, 0.05) is 17.4 Å². The second-order valence-corrected chi connectivity index (χ2v) is 12.7. The maximum absolute atomic E-state index is 14.0. The van der Waals surface area contributed by atoms with Crippen LogP contribution in [0.1, 0.15) is 69.8 Å². The van der Waals surface area contributed by atoms with Crippen LogP contribution in [0.3, 0.4) is 0 Å². The van der Waals surface area contributed by atoms with Gasteiger partial charge in [-0.3, -0.25) is 4.79 Å². The Bertz CT molecular complexity index is 1780. The average Bonchev–Trinajstić information content (AvgIpc) is 3.83. The third-order valence-electron chi connectivity index (χ3n) is 9.17. The molecule has 0 radical (unpaired) electrons. The van der Waals surface area contributed by atoms with E-state index in [0.29, 0.717) is 35.3 Å². The number of allylic oxidation sites excluding steroid dienone is 1. The van der Waals surface area contributed by atoms with Crippen molar-refractivity contribution in [1.82, 2.24) is 20.2 Å². The van der Waals surface area contributed by atoms with Crippen LogP contribution in [0.25, 0.3) is 33.5 Å². The number of carbonyl (C=O) groups excluding carboxylic acids is 2. The summed E-state index contributed by atoms with van der Waals surface area (Å²) in [7, 11) is 0. The molecule has 3 atom stereocenters. The van der Waals surface area contributed by atoms with Crippen molar-refractivity contribution in [2.24, 2.45) is 0 Å². The van der Waals surface area contributed by atoms with Crippen LogP contribution in [0.4, 0.5) is 4.79 Å². The molecule has 1 saturated heterocycles. The van der Waals surface area contributed by atoms with Crippen LogP contribution < -0.4 is 10.1 Å². The van der Waals surface area contributed by atoms with Crippen LogP contribution in [0.2, 0.25) is 0 Å². The summed E-state index contributed by atoms with van der Waals surface area (Å²) >= 11 is 0. The van der Waals surface area contributed by atoms with E-state index in [-0.39, 0.29) is 24.9 Å². The predicted molar refractivity (Wildman–Crippen MR) is 181 cm³/mol. The number of benzene rings is 2. The average molecular weight is 655 g/mol. The first-order valence-electron chi connectivity index (χ1n) is 16.8. The van der Waals surface area contributed by atoms with Gasteiger partial charge in [-0.2, -0.15) is 4.98 Å². The minimum absolute atomic E-state index is 0.00624. The number of ether oxygens (including phenoxy) is 2. The number of amides is 2. The number of unbranched alkanes of at least 4 members (excludes halogenated alkanes) is 3. The topological polar surface area (TPSA) is 144 Å². The van der Waals surface area contributed by atoms with Crippen LogP contribution in [0.5, 0.6) is 5.88 Å². The molecule has 48 heavy (non-hydrogen) atoms. The zero-order valence-electron chi connectivity index (χ0n) is 27.2. The third-order valence-corrected chi connectivity index (χ3v) is 9.17. The van der Waals surface area contributed by atoms with Crippen molar-refractivity contribution >= 4 is 40.0 Å². The number of para-hydroxylation sites is 1. The monoisotopic (exact) mass is 654 g/mol. The van der Waals surface area contributed by atoms with E-state index in [1.165, 1.54) is 4.90 Å². The maximum Gasteiger partial charge on any atom is 0.408 e. The summed E-state index contributed by atoms with van der Waals surface area (Å²) in [6, 6.07) is 13.2. The smallest absolute Gasteiger partial charge is 0.408 e. The highest BCUT2D eigenvalue weighted by Gasteiger charge is 2.43.